The maximum absolute atomic E-state index is 3.89. The minimum atomic E-state index is 0. The molecule has 3 aromatic carbocycles. The average Bonchev–Trinajstić information content (AvgIpc) is 3.32. The smallest absolute Gasteiger partial charge is 0.00990 e. The SMILES string of the molecule is C=CCC(CC)C1[C]([Zr+2])=Cc2ccccc21.CCC1c2ccccc2-c2ccccc21.[Cl-].[Cl-]. The van der Waals surface area contributed by atoms with Gasteiger partial charge in [-0.2, -0.15) is 0 Å². The number of benzene rings is 3. The molecule has 3 heteroatoms. The molecule has 0 aromatic heterocycles. The van der Waals surface area contributed by atoms with Crippen LogP contribution in [0, 0.1) is 5.92 Å². The van der Waals surface area contributed by atoms with Gasteiger partial charge in [-0.3, -0.25) is 0 Å². The molecule has 2 unspecified atom stereocenters. The molecular weight excluding hydrogens is 522 g/mol. The Morgan fingerprint density at radius 2 is 1.33 bits per heavy atom. The van der Waals surface area contributed by atoms with Gasteiger partial charge in [0.15, 0.2) is 0 Å². The maximum Gasteiger partial charge on any atom is 0.00990 e. The molecule has 0 amide bonds. The van der Waals surface area contributed by atoms with Gasteiger partial charge in [0, 0.05) is 5.92 Å². The van der Waals surface area contributed by atoms with Crippen LogP contribution >= 0.6 is 0 Å². The molecule has 0 saturated carbocycles. The predicted molar refractivity (Wildman–Crippen MR) is 130 cm³/mol. The summed E-state index contributed by atoms with van der Waals surface area (Å²) < 4.78 is 1.60. The zero-order chi connectivity index (χ0) is 21.8. The van der Waals surface area contributed by atoms with Gasteiger partial charge >= 0.3 is 114 Å². The minimum absolute atomic E-state index is 0. The predicted octanol–water partition coefficient (Wildman–Crippen LogP) is 2.49. The van der Waals surface area contributed by atoms with Crippen molar-refractivity contribution in [1.82, 2.24) is 0 Å². The molecule has 0 fully saturated rings. The summed E-state index contributed by atoms with van der Waals surface area (Å²) in [5.41, 5.74) is 8.83. The van der Waals surface area contributed by atoms with Gasteiger partial charge in [-0.15, -0.1) is 0 Å². The summed E-state index contributed by atoms with van der Waals surface area (Å²) in [6.45, 7) is 8.45. The Kier molecular flexibility index (Phi) is 10.9. The van der Waals surface area contributed by atoms with Crippen molar-refractivity contribution in [3.05, 3.63) is 111 Å². The van der Waals surface area contributed by atoms with Crippen LogP contribution in [0.4, 0.5) is 0 Å². The van der Waals surface area contributed by atoms with Crippen LogP contribution in [-0.2, 0) is 24.7 Å². The maximum atomic E-state index is 3.89. The van der Waals surface area contributed by atoms with Crippen LogP contribution < -0.4 is 24.8 Å². The summed E-state index contributed by atoms with van der Waals surface area (Å²) in [4.78, 5) is 0. The molecule has 2 aliphatic carbocycles. The minimum Gasteiger partial charge on any atom is -1.00 e. The Bertz CT molecular complexity index is 1060. The van der Waals surface area contributed by atoms with Crippen molar-refractivity contribution in [3.8, 4) is 11.1 Å². The number of rotatable bonds is 5. The third-order valence-corrected chi connectivity index (χ3v) is 7.93. The first kappa shape index (κ1) is 27.8. The molecule has 0 heterocycles. The number of hydrogen-bond acceptors (Lipinski definition) is 0. The van der Waals surface area contributed by atoms with E-state index in [-0.39, 0.29) is 24.8 Å². The Labute approximate surface area is 227 Å². The van der Waals surface area contributed by atoms with E-state index in [1.54, 1.807) is 28.0 Å². The number of halogens is 2. The topological polar surface area (TPSA) is 0 Å². The van der Waals surface area contributed by atoms with E-state index >= 15 is 0 Å². The number of fused-ring (bicyclic) bond motifs is 4. The molecule has 2 aliphatic rings. The third-order valence-electron chi connectivity index (χ3n) is 6.81. The van der Waals surface area contributed by atoms with E-state index < -0.39 is 0 Å². The molecule has 0 radical (unpaired) electrons. The standard InChI is InChI=1S/C15H14.C15H17.2ClH.Zr/c1-2-11-12-7-3-5-9-14(12)15-10-6-4-8-13(11)15;1-3-7-12(4-2)15-11-10-13-8-5-6-9-14(13)15;;;/h3-11H,2H2,1H3;3,5-6,8-10,12,15H,1,4,7H2,2H3;2*1H;/q;;;;+2/p-2. The van der Waals surface area contributed by atoms with E-state index in [2.05, 4.69) is 105 Å². The van der Waals surface area contributed by atoms with Gasteiger partial charge < -0.3 is 24.8 Å². The van der Waals surface area contributed by atoms with Crippen LogP contribution in [0.3, 0.4) is 0 Å². The summed E-state index contributed by atoms with van der Waals surface area (Å²) in [5, 5.41) is 0. The molecule has 3 aromatic rings. The largest absolute Gasteiger partial charge is 1.00 e. The Balaban J connectivity index is 0.000000220. The zero-order valence-corrected chi connectivity index (χ0v) is 23.4. The molecule has 0 aliphatic heterocycles. The second-order valence-electron chi connectivity index (χ2n) is 8.53. The fourth-order valence-electron chi connectivity index (χ4n) is 5.31. The van der Waals surface area contributed by atoms with Gasteiger partial charge in [0.2, 0.25) is 0 Å². The Morgan fingerprint density at radius 3 is 1.85 bits per heavy atom. The Hall–Kier alpha value is -1.40. The average molecular weight is 554 g/mol. The van der Waals surface area contributed by atoms with Crippen molar-refractivity contribution in [2.75, 3.05) is 0 Å². The van der Waals surface area contributed by atoms with Gasteiger partial charge in [-0.05, 0) is 28.7 Å². The molecule has 0 saturated heterocycles. The molecular formula is C30H31Cl2Zr. The number of allylic oxidation sites excluding steroid dienone is 2. The first-order valence-electron chi connectivity index (χ1n) is 11.5. The molecule has 2 atom stereocenters. The van der Waals surface area contributed by atoms with E-state index in [0.29, 0.717) is 11.8 Å². The zero-order valence-electron chi connectivity index (χ0n) is 19.4. The molecule has 5 rings (SSSR count). The van der Waals surface area contributed by atoms with Crippen molar-refractivity contribution in [1.29, 1.82) is 0 Å². The van der Waals surface area contributed by atoms with Crippen molar-refractivity contribution in [2.24, 2.45) is 5.92 Å². The Morgan fingerprint density at radius 1 is 0.818 bits per heavy atom. The first-order valence-corrected chi connectivity index (χ1v) is 12.7. The molecule has 169 valence electrons. The normalized spacial score (nSPS) is 16.0. The summed E-state index contributed by atoms with van der Waals surface area (Å²) in [7, 11) is 0. The van der Waals surface area contributed by atoms with Crippen LogP contribution in [0.1, 0.15) is 67.2 Å². The second kappa shape index (κ2) is 12.9. The molecule has 33 heavy (non-hydrogen) atoms. The molecule has 0 nitrogen and oxygen atoms in total. The van der Waals surface area contributed by atoms with E-state index in [9.17, 15) is 0 Å². The van der Waals surface area contributed by atoms with E-state index in [1.807, 2.05) is 0 Å². The van der Waals surface area contributed by atoms with E-state index in [4.69, 9.17) is 0 Å². The van der Waals surface area contributed by atoms with E-state index in [0.717, 1.165) is 12.3 Å². The van der Waals surface area contributed by atoms with Gasteiger partial charge in [-0.25, -0.2) is 0 Å². The van der Waals surface area contributed by atoms with Gasteiger partial charge in [0.25, 0.3) is 0 Å². The van der Waals surface area contributed by atoms with Crippen LogP contribution in [0.25, 0.3) is 17.2 Å². The summed E-state index contributed by atoms with van der Waals surface area (Å²) in [6, 6.07) is 26.4. The first-order chi connectivity index (χ1) is 15.2. The molecule has 0 spiro atoms. The van der Waals surface area contributed by atoms with Crippen molar-refractivity contribution >= 4 is 6.08 Å². The van der Waals surface area contributed by atoms with Crippen LogP contribution in [0.5, 0.6) is 0 Å². The van der Waals surface area contributed by atoms with Crippen molar-refractivity contribution in [3.63, 3.8) is 0 Å². The third kappa shape index (κ3) is 5.64. The summed E-state index contributed by atoms with van der Waals surface area (Å²) >= 11 is 1.56. The van der Waals surface area contributed by atoms with Crippen LogP contribution in [0.2, 0.25) is 0 Å². The molecule has 0 bridgehead atoms. The van der Waals surface area contributed by atoms with Gasteiger partial charge in [0.1, 0.15) is 0 Å². The van der Waals surface area contributed by atoms with Crippen LogP contribution in [-0.4, -0.2) is 0 Å². The van der Waals surface area contributed by atoms with Crippen LogP contribution in [0.15, 0.2) is 88.7 Å². The summed E-state index contributed by atoms with van der Waals surface area (Å²) in [6.07, 6.45) is 7.99. The van der Waals surface area contributed by atoms with Gasteiger partial charge in [0.05, 0.1) is 0 Å². The summed E-state index contributed by atoms with van der Waals surface area (Å²) in [5.74, 6) is 1.99. The fourth-order valence-corrected chi connectivity index (χ4v) is 6.65. The van der Waals surface area contributed by atoms with Crippen molar-refractivity contribution in [2.45, 2.75) is 44.9 Å². The monoisotopic (exact) mass is 551 g/mol. The quantitative estimate of drug-likeness (QED) is 0.426. The van der Waals surface area contributed by atoms with Gasteiger partial charge in [-0.1, -0.05) is 55.5 Å². The number of hydrogen-bond donors (Lipinski definition) is 0. The van der Waals surface area contributed by atoms with Crippen molar-refractivity contribution < 1.29 is 49.5 Å². The molecule has 0 N–H and O–H groups in total. The fraction of sp³-hybridized carbons (Fsp3) is 0.267. The second-order valence-corrected chi connectivity index (χ2v) is 9.95. The van der Waals surface area contributed by atoms with E-state index in [1.165, 1.54) is 46.2 Å².